The Morgan fingerprint density at radius 2 is 2.00 bits per heavy atom. The Morgan fingerprint density at radius 1 is 1.24 bits per heavy atom. The molecule has 0 heterocycles. The van der Waals surface area contributed by atoms with Gasteiger partial charge in [0, 0.05) is 10.5 Å². The van der Waals surface area contributed by atoms with Gasteiger partial charge in [0.15, 0.2) is 0 Å². The van der Waals surface area contributed by atoms with Crippen molar-refractivity contribution in [3.8, 4) is 5.75 Å². The second-order valence-corrected chi connectivity index (χ2v) is 5.49. The summed E-state index contributed by atoms with van der Waals surface area (Å²) < 4.78 is 6.00. The fraction of sp³-hybridized carbons (Fsp3) is 0.133. The van der Waals surface area contributed by atoms with Crippen molar-refractivity contribution in [2.24, 2.45) is 0 Å². The predicted octanol–water partition coefficient (Wildman–Crippen LogP) is 4.16. The summed E-state index contributed by atoms with van der Waals surface area (Å²) in [5.74, 6) is 0.532. The van der Waals surface area contributed by atoms with Gasteiger partial charge in [0.2, 0.25) is 5.91 Å². The smallest absolute Gasteiger partial charge is 0.243 e. The fourth-order valence-corrected chi connectivity index (χ4v) is 2.27. The summed E-state index contributed by atoms with van der Waals surface area (Å²) in [4.78, 5) is 11.9. The Labute approximate surface area is 136 Å². The van der Waals surface area contributed by atoms with Gasteiger partial charge in [0.1, 0.15) is 5.75 Å². The number of carbonyl (C=O) groups excluding carboxylic acids is 1. The number of hydrogen-bond donors (Lipinski definition) is 2. The predicted molar refractivity (Wildman–Crippen MR) is 89.3 cm³/mol. The van der Waals surface area contributed by atoms with Crippen LogP contribution in [0.1, 0.15) is 0 Å². The van der Waals surface area contributed by atoms with E-state index in [1.807, 2.05) is 30.3 Å². The number of benzene rings is 2. The molecule has 0 saturated carbocycles. The highest BCUT2D eigenvalue weighted by molar-refractivity contribution is 9.10. The van der Waals surface area contributed by atoms with Crippen LogP contribution >= 0.6 is 27.5 Å². The molecule has 2 aromatic rings. The maximum Gasteiger partial charge on any atom is 0.243 e. The molecule has 2 N–H and O–H groups in total. The van der Waals surface area contributed by atoms with Gasteiger partial charge >= 0.3 is 0 Å². The molecule has 0 atom stereocenters. The van der Waals surface area contributed by atoms with Crippen LogP contribution in [0.4, 0.5) is 11.4 Å². The molecule has 2 aromatic carbocycles. The summed E-state index contributed by atoms with van der Waals surface area (Å²) >= 11 is 9.41. The van der Waals surface area contributed by atoms with Crippen LogP contribution in [-0.2, 0) is 4.79 Å². The van der Waals surface area contributed by atoms with Gasteiger partial charge < -0.3 is 15.4 Å². The largest absolute Gasteiger partial charge is 0.497 e. The quantitative estimate of drug-likeness (QED) is 0.832. The highest BCUT2D eigenvalue weighted by Crippen LogP contribution is 2.27. The lowest BCUT2D eigenvalue weighted by Gasteiger charge is -2.11. The summed E-state index contributed by atoms with van der Waals surface area (Å²) in [5.41, 5.74) is 1.37. The Morgan fingerprint density at radius 3 is 2.71 bits per heavy atom. The molecule has 110 valence electrons. The lowest BCUT2D eigenvalue weighted by molar-refractivity contribution is -0.114. The van der Waals surface area contributed by atoms with Crippen molar-refractivity contribution >= 4 is 44.8 Å². The first-order chi connectivity index (χ1) is 10.1. The van der Waals surface area contributed by atoms with Gasteiger partial charge in [-0.1, -0.05) is 23.7 Å². The molecule has 0 aromatic heterocycles. The highest BCUT2D eigenvalue weighted by Gasteiger charge is 2.07. The van der Waals surface area contributed by atoms with Crippen LogP contribution in [0.5, 0.6) is 5.75 Å². The van der Waals surface area contributed by atoms with Gasteiger partial charge in [-0.15, -0.1) is 0 Å². The van der Waals surface area contributed by atoms with Crippen LogP contribution < -0.4 is 15.4 Å². The molecule has 21 heavy (non-hydrogen) atoms. The fourth-order valence-electron chi connectivity index (χ4n) is 1.70. The molecule has 2 rings (SSSR count). The van der Waals surface area contributed by atoms with Crippen molar-refractivity contribution in [3.05, 3.63) is 52.0 Å². The molecule has 0 saturated heterocycles. The monoisotopic (exact) mass is 368 g/mol. The van der Waals surface area contributed by atoms with Gasteiger partial charge in [-0.3, -0.25) is 4.79 Å². The number of rotatable bonds is 5. The maximum absolute atomic E-state index is 11.9. The van der Waals surface area contributed by atoms with E-state index in [1.54, 1.807) is 19.2 Å². The highest BCUT2D eigenvalue weighted by atomic mass is 79.9. The number of nitrogens with one attached hydrogen (secondary N) is 2. The molecule has 4 nitrogen and oxygen atoms in total. The minimum atomic E-state index is -0.183. The summed E-state index contributed by atoms with van der Waals surface area (Å²) in [6.07, 6.45) is 0. The first kappa shape index (κ1) is 15.7. The minimum absolute atomic E-state index is 0.122. The molecule has 0 bridgehead atoms. The first-order valence-electron chi connectivity index (χ1n) is 6.22. The average molecular weight is 370 g/mol. The molecule has 6 heteroatoms. The van der Waals surface area contributed by atoms with Crippen LogP contribution in [-0.4, -0.2) is 19.6 Å². The average Bonchev–Trinajstić information content (AvgIpc) is 2.49. The molecule has 0 radical (unpaired) electrons. The van der Waals surface area contributed by atoms with Gasteiger partial charge in [0.05, 0.1) is 30.1 Å². The van der Waals surface area contributed by atoms with E-state index in [9.17, 15) is 4.79 Å². The van der Waals surface area contributed by atoms with Crippen molar-refractivity contribution < 1.29 is 9.53 Å². The standard InChI is InChI=1S/C15H14BrClN2O2/c1-21-10-6-7-11(16)14(8-10)18-9-15(20)19-13-5-3-2-4-12(13)17/h2-8,18H,9H2,1H3,(H,19,20). The zero-order chi connectivity index (χ0) is 15.2. The summed E-state index contributed by atoms with van der Waals surface area (Å²) in [5, 5.41) is 6.30. The molecule has 0 unspecified atom stereocenters. The number of carbonyl (C=O) groups is 1. The van der Waals surface area contributed by atoms with E-state index >= 15 is 0 Å². The van der Waals surface area contributed by atoms with E-state index in [0.717, 1.165) is 10.2 Å². The van der Waals surface area contributed by atoms with Crippen molar-refractivity contribution in [2.45, 2.75) is 0 Å². The number of halogens is 2. The Balaban J connectivity index is 1.97. The SMILES string of the molecule is COc1ccc(Br)c(NCC(=O)Nc2ccccc2Cl)c1. The summed E-state index contributed by atoms with van der Waals surface area (Å²) in [6.45, 7) is 0.122. The van der Waals surface area contributed by atoms with Gasteiger partial charge in [-0.25, -0.2) is 0 Å². The lowest BCUT2D eigenvalue weighted by atomic mass is 10.3. The van der Waals surface area contributed by atoms with E-state index in [4.69, 9.17) is 16.3 Å². The maximum atomic E-state index is 11.9. The Kier molecular flexibility index (Phi) is 5.47. The Bertz CT molecular complexity index is 649. The minimum Gasteiger partial charge on any atom is -0.497 e. The van der Waals surface area contributed by atoms with Gasteiger partial charge in [0.25, 0.3) is 0 Å². The van der Waals surface area contributed by atoms with Crippen LogP contribution in [0.3, 0.4) is 0 Å². The summed E-state index contributed by atoms with van der Waals surface area (Å²) in [6, 6.07) is 12.6. The van der Waals surface area contributed by atoms with Crippen molar-refractivity contribution in [2.75, 3.05) is 24.3 Å². The van der Waals surface area contributed by atoms with Crippen LogP contribution in [0.25, 0.3) is 0 Å². The molecule has 0 aliphatic rings. The van der Waals surface area contributed by atoms with E-state index in [0.29, 0.717) is 16.5 Å². The molecule has 0 aliphatic heterocycles. The van der Waals surface area contributed by atoms with E-state index < -0.39 is 0 Å². The Hall–Kier alpha value is -1.72. The third-order valence-corrected chi connectivity index (χ3v) is 3.78. The lowest BCUT2D eigenvalue weighted by Crippen LogP contribution is -2.22. The molecule has 0 fully saturated rings. The number of methoxy groups -OCH3 is 1. The number of hydrogen-bond acceptors (Lipinski definition) is 3. The third-order valence-electron chi connectivity index (χ3n) is 2.76. The molecule has 0 spiro atoms. The molecule has 1 amide bonds. The van der Waals surface area contributed by atoms with E-state index in [2.05, 4.69) is 26.6 Å². The third kappa shape index (κ3) is 4.37. The number of amides is 1. The van der Waals surface area contributed by atoms with Crippen LogP contribution in [0, 0.1) is 0 Å². The zero-order valence-corrected chi connectivity index (χ0v) is 13.7. The number of para-hydroxylation sites is 1. The van der Waals surface area contributed by atoms with Gasteiger partial charge in [-0.05, 0) is 40.2 Å². The normalized spacial score (nSPS) is 10.0. The van der Waals surface area contributed by atoms with Crippen LogP contribution in [0.15, 0.2) is 46.9 Å². The van der Waals surface area contributed by atoms with Crippen molar-refractivity contribution in [3.63, 3.8) is 0 Å². The van der Waals surface area contributed by atoms with Gasteiger partial charge in [-0.2, -0.15) is 0 Å². The zero-order valence-electron chi connectivity index (χ0n) is 11.3. The molecule has 0 aliphatic carbocycles. The second-order valence-electron chi connectivity index (χ2n) is 4.23. The number of ether oxygens (including phenoxy) is 1. The number of anilines is 2. The van der Waals surface area contributed by atoms with Crippen LogP contribution in [0.2, 0.25) is 5.02 Å². The van der Waals surface area contributed by atoms with Crippen molar-refractivity contribution in [1.29, 1.82) is 0 Å². The second kappa shape index (κ2) is 7.33. The summed E-state index contributed by atoms with van der Waals surface area (Å²) in [7, 11) is 1.59. The van der Waals surface area contributed by atoms with E-state index in [-0.39, 0.29) is 12.5 Å². The molecular weight excluding hydrogens is 356 g/mol. The van der Waals surface area contributed by atoms with Crippen molar-refractivity contribution in [1.82, 2.24) is 0 Å². The molecular formula is C15H14BrClN2O2. The van der Waals surface area contributed by atoms with E-state index in [1.165, 1.54) is 0 Å². The topological polar surface area (TPSA) is 50.4 Å². The first-order valence-corrected chi connectivity index (χ1v) is 7.39.